The number of thiophene rings is 1. The Kier molecular flexibility index (Phi) is 5.74. The summed E-state index contributed by atoms with van der Waals surface area (Å²) in [5.74, 6) is -0.594. The van der Waals surface area contributed by atoms with Gasteiger partial charge in [-0.2, -0.15) is 13.2 Å². The Morgan fingerprint density at radius 2 is 1.63 bits per heavy atom. The number of halogens is 3. The van der Waals surface area contributed by atoms with Gasteiger partial charge in [0.25, 0.3) is 10.0 Å². The highest BCUT2D eigenvalue weighted by molar-refractivity contribution is 7.93. The van der Waals surface area contributed by atoms with Crippen molar-refractivity contribution in [2.75, 3.05) is 18.9 Å². The molecular formula is C18H17F3N2O5S2. The monoisotopic (exact) mass is 462 g/mol. The molecule has 0 atom stereocenters. The smallest absolute Gasteiger partial charge is 0.452 e. The van der Waals surface area contributed by atoms with E-state index in [2.05, 4.69) is 14.4 Å². The van der Waals surface area contributed by atoms with Crippen molar-refractivity contribution >= 4 is 27.0 Å². The predicted molar refractivity (Wildman–Crippen MR) is 105 cm³/mol. The third kappa shape index (κ3) is 4.24. The van der Waals surface area contributed by atoms with Crippen LogP contribution in [0.2, 0.25) is 0 Å². The van der Waals surface area contributed by atoms with E-state index in [9.17, 15) is 21.6 Å². The van der Waals surface area contributed by atoms with Gasteiger partial charge in [-0.15, -0.1) is 11.3 Å². The molecule has 12 heteroatoms. The first-order chi connectivity index (χ1) is 14.0. The van der Waals surface area contributed by atoms with Crippen molar-refractivity contribution in [3.63, 3.8) is 0 Å². The molecule has 0 spiro atoms. The fraction of sp³-hybridized carbons (Fsp3) is 0.278. The number of hydrogen-bond donors (Lipinski definition) is 1. The second-order valence-corrected chi connectivity index (χ2v) is 9.25. The van der Waals surface area contributed by atoms with Crippen molar-refractivity contribution in [1.29, 1.82) is 0 Å². The van der Waals surface area contributed by atoms with Crippen LogP contribution in [-0.4, -0.2) is 27.8 Å². The third-order valence-corrected chi connectivity index (χ3v) is 6.83. The SMILES string of the molecule is COc1cc(NS(=O)(=O)c2c(C)sc(C)c2-c2cc(C(F)(F)F)on2)cc(OC)c1. The molecule has 2 heterocycles. The van der Waals surface area contributed by atoms with Gasteiger partial charge >= 0.3 is 6.18 Å². The Labute approximate surface area is 174 Å². The lowest BCUT2D eigenvalue weighted by molar-refractivity contribution is -0.155. The summed E-state index contributed by atoms with van der Waals surface area (Å²) in [4.78, 5) is 0.702. The molecule has 3 rings (SSSR count). The van der Waals surface area contributed by atoms with Crippen LogP contribution in [0.5, 0.6) is 11.5 Å². The highest BCUT2D eigenvalue weighted by Crippen LogP contribution is 2.41. The van der Waals surface area contributed by atoms with Crippen LogP contribution in [0.25, 0.3) is 11.3 Å². The highest BCUT2D eigenvalue weighted by atomic mass is 32.2. The molecule has 1 aromatic carbocycles. The molecule has 0 radical (unpaired) electrons. The Balaban J connectivity index is 2.09. The maximum Gasteiger partial charge on any atom is 0.452 e. The first-order valence-corrected chi connectivity index (χ1v) is 10.7. The van der Waals surface area contributed by atoms with E-state index in [1.807, 2.05) is 0 Å². The molecule has 7 nitrogen and oxygen atoms in total. The Morgan fingerprint density at radius 1 is 1.03 bits per heavy atom. The summed E-state index contributed by atoms with van der Waals surface area (Å²) in [7, 11) is -1.36. The van der Waals surface area contributed by atoms with Crippen LogP contribution in [0, 0.1) is 13.8 Å². The molecule has 3 aromatic rings. The number of benzene rings is 1. The fourth-order valence-corrected chi connectivity index (χ4v) is 5.80. The number of sulfonamides is 1. The van der Waals surface area contributed by atoms with E-state index in [4.69, 9.17) is 9.47 Å². The molecule has 30 heavy (non-hydrogen) atoms. The highest BCUT2D eigenvalue weighted by Gasteiger charge is 2.37. The van der Waals surface area contributed by atoms with Gasteiger partial charge in [0, 0.05) is 39.6 Å². The minimum Gasteiger partial charge on any atom is -0.497 e. The number of hydrogen-bond acceptors (Lipinski definition) is 7. The van der Waals surface area contributed by atoms with E-state index in [-0.39, 0.29) is 21.8 Å². The van der Waals surface area contributed by atoms with Crippen LogP contribution >= 0.6 is 11.3 Å². The predicted octanol–water partition coefficient (Wildman–Crippen LogP) is 4.86. The maximum absolute atomic E-state index is 13.2. The fourth-order valence-electron chi connectivity index (χ4n) is 2.88. The summed E-state index contributed by atoms with van der Waals surface area (Å²) >= 11 is 1.13. The Hall–Kier alpha value is -2.73. The minimum atomic E-state index is -4.74. The molecular weight excluding hydrogens is 445 g/mol. The summed E-state index contributed by atoms with van der Waals surface area (Å²) < 4.78 is 82.1. The second-order valence-electron chi connectivity index (χ2n) is 6.20. The number of aryl methyl sites for hydroxylation is 2. The van der Waals surface area contributed by atoms with Gasteiger partial charge in [0.1, 0.15) is 22.1 Å². The van der Waals surface area contributed by atoms with Crippen molar-refractivity contribution in [2.24, 2.45) is 0 Å². The molecule has 0 amide bonds. The first kappa shape index (κ1) is 22.0. The summed E-state index contributed by atoms with van der Waals surface area (Å²) in [6.45, 7) is 3.16. The molecule has 162 valence electrons. The van der Waals surface area contributed by atoms with Crippen LogP contribution in [0.3, 0.4) is 0 Å². The lowest BCUT2D eigenvalue weighted by Crippen LogP contribution is -2.14. The lowest BCUT2D eigenvalue weighted by atomic mass is 10.1. The molecule has 0 aliphatic carbocycles. The molecule has 2 aromatic heterocycles. The molecule has 0 bridgehead atoms. The van der Waals surface area contributed by atoms with Crippen molar-refractivity contribution < 1.29 is 35.6 Å². The molecule has 0 fully saturated rings. The van der Waals surface area contributed by atoms with Gasteiger partial charge < -0.3 is 14.0 Å². The zero-order chi connectivity index (χ0) is 22.3. The number of nitrogens with one attached hydrogen (secondary N) is 1. The largest absolute Gasteiger partial charge is 0.497 e. The summed E-state index contributed by atoms with van der Waals surface area (Å²) in [5.41, 5.74) is 0.00317. The minimum absolute atomic E-state index is 0.0547. The van der Waals surface area contributed by atoms with Gasteiger partial charge in [-0.1, -0.05) is 5.16 Å². The van der Waals surface area contributed by atoms with Gasteiger partial charge in [-0.25, -0.2) is 8.42 Å². The number of methoxy groups -OCH3 is 2. The number of aromatic nitrogens is 1. The van der Waals surface area contributed by atoms with E-state index in [1.165, 1.54) is 26.4 Å². The number of ether oxygens (including phenoxy) is 2. The quantitative estimate of drug-likeness (QED) is 0.563. The van der Waals surface area contributed by atoms with Crippen molar-refractivity contribution in [3.8, 4) is 22.8 Å². The van der Waals surface area contributed by atoms with Gasteiger partial charge in [0.05, 0.1) is 19.9 Å². The van der Waals surface area contributed by atoms with Gasteiger partial charge in [0.2, 0.25) is 5.76 Å². The van der Waals surface area contributed by atoms with Crippen molar-refractivity contribution in [1.82, 2.24) is 5.16 Å². The molecule has 0 aliphatic heterocycles. The van der Waals surface area contributed by atoms with Gasteiger partial charge in [0.15, 0.2) is 0 Å². The van der Waals surface area contributed by atoms with Crippen LogP contribution in [0.4, 0.5) is 18.9 Å². The molecule has 0 saturated carbocycles. The first-order valence-electron chi connectivity index (χ1n) is 8.36. The average Bonchev–Trinajstić information content (AvgIpc) is 3.25. The third-order valence-electron chi connectivity index (χ3n) is 4.12. The number of anilines is 1. The molecule has 0 aliphatic rings. The Morgan fingerprint density at radius 3 is 2.13 bits per heavy atom. The van der Waals surface area contributed by atoms with E-state index in [1.54, 1.807) is 19.9 Å². The van der Waals surface area contributed by atoms with E-state index in [0.717, 1.165) is 11.3 Å². The normalized spacial score (nSPS) is 12.1. The Bertz CT molecular complexity index is 1160. The standard InChI is InChI=1S/C18H17F3N2O5S2/c1-9-16(14-8-15(28-22-14)18(19,20)21)17(10(2)29-9)30(24,25)23-11-5-12(26-3)7-13(6-11)27-4/h5-8,23H,1-4H3. The van der Waals surface area contributed by atoms with Crippen LogP contribution < -0.4 is 14.2 Å². The summed E-state index contributed by atoms with van der Waals surface area (Å²) in [6.07, 6.45) is -4.74. The maximum atomic E-state index is 13.2. The molecule has 0 unspecified atom stereocenters. The number of rotatable bonds is 6. The molecule has 0 saturated heterocycles. The van der Waals surface area contributed by atoms with Crippen LogP contribution in [0.1, 0.15) is 15.5 Å². The zero-order valence-electron chi connectivity index (χ0n) is 16.2. The van der Waals surface area contributed by atoms with Crippen molar-refractivity contribution in [2.45, 2.75) is 24.9 Å². The van der Waals surface area contributed by atoms with Crippen molar-refractivity contribution in [3.05, 3.63) is 39.8 Å². The number of nitrogens with zero attached hydrogens (tertiary/aromatic N) is 1. The van der Waals surface area contributed by atoms with Gasteiger partial charge in [-0.3, -0.25) is 4.72 Å². The lowest BCUT2D eigenvalue weighted by Gasteiger charge is -2.12. The van der Waals surface area contributed by atoms with Crippen LogP contribution in [0.15, 0.2) is 33.7 Å². The van der Waals surface area contributed by atoms with E-state index >= 15 is 0 Å². The summed E-state index contributed by atoms with van der Waals surface area (Å²) in [6, 6.07) is 5.15. The number of alkyl halides is 3. The van der Waals surface area contributed by atoms with E-state index in [0.29, 0.717) is 27.3 Å². The topological polar surface area (TPSA) is 90.7 Å². The summed E-state index contributed by atoms with van der Waals surface area (Å²) in [5, 5.41) is 3.44. The van der Waals surface area contributed by atoms with E-state index < -0.39 is 22.0 Å². The zero-order valence-corrected chi connectivity index (χ0v) is 17.9. The second kappa shape index (κ2) is 7.84. The molecule has 1 N–H and O–H groups in total. The van der Waals surface area contributed by atoms with Gasteiger partial charge in [-0.05, 0) is 13.8 Å². The average molecular weight is 462 g/mol. The van der Waals surface area contributed by atoms with Crippen LogP contribution in [-0.2, 0) is 16.2 Å².